The van der Waals surface area contributed by atoms with E-state index in [9.17, 15) is 19.2 Å². The summed E-state index contributed by atoms with van der Waals surface area (Å²) in [5, 5.41) is 2.83. The maximum absolute atomic E-state index is 12.9. The molecule has 3 amide bonds. The van der Waals surface area contributed by atoms with Crippen LogP contribution in [0.2, 0.25) is 10.0 Å². The molecule has 1 aliphatic rings. The largest absolute Gasteiger partial charge is 0.452 e. The summed E-state index contributed by atoms with van der Waals surface area (Å²) in [6.07, 6.45) is 1.30. The van der Waals surface area contributed by atoms with Crippen LogP contribution in [0.5, 0.6) is 0 Å². The molecule has 4 rings (SSSR count). The van der Waals surface area contributed by atoms with Gasteiger partial charge in [0.1, 0.15) is 0 Å². The summed E-state index contributed by atoms with van der Waals surface area (Å²) >= 11 is 11.7. The van der Waals surface area contributed by atoms with E-state index in [1.54, 1.807) is 31.2 Å². The van der Waals surface area contributed by atoms with Gasteiger partial charge in [-0.15, -0.1) is 0 Å². The van der Waals surface area contributed by atoms with Crippen molar-refractivity contribution in [1.29, 1.82) is 0 Å². The molecule has 8 nitrogen and oxygen atoms in total. The number of carbonyl (C=O) groups is 4. The van der Waals surface area contributed by atoms with E-state index in [4.69, 9.17) is 27.9 Å². The van der Waals surface area contributed by atoms with Crippen LogP contribution >= 0.6 is 23.2 Å². The van der Waals surface area contributed by atoms with Gasteiger partial charge in [-0.3, -0.25) is 14.4 Å². The monoisotopic (exact) mass is 483 g/mol. The van der Waals surface area contributed by atoms with Crippen LogP contribution in [0.25, 0.3) is 0 Å². The molecule has 166 valence electrons. The lowest BCUT2D eigenvalue weighted by Gasteiger charge is -2.16. The Hall–Kier alpha value is -3.75. The van der Waals surface area contributed by atoms with E-state index in [0.717, 1.165) is 10.5 Å². The molecule has 1 N–H and O–H groups in total. The fraction of sp³-hybridized carbons (Fsp3) is 0.0870. The van der Waals surface area contributed by atoms with E-state index in [2.05, 4.69) is 10.3 Å². The number of rotatable bonds is 5. The van der Waals surface area contributed by atoms with Crippen LogP contribution in [-0.2, 0) is 9.53 Å². The quantitative estimate of drug-likeness (QED) is 0.428. The molecule has 0 atom stereocenters. The lowest BCUT2D eigenvalue weighted by molar-refractivity contribution is -0.119. The van der Waals surface area contributed by atoms with E-state index >= 15 is 0 Å². The zero-order chi connectivity index (χ0) is 23.7. The van der Waals surface area contributed by atoms with Crippen molar-refractivity contribution >= 4 is 58.4 Å². The van der Waals surface area contributed by atoms with Gasteiger partial charge in [0.2, 0.25) is 0 Å². The number of pyridine rings is 1. The minimum atomic E-state index is -0.835. The van der Waals surface area contributed by atoms with Crippen LogP contribution in [0.4, 0.5) is 11.5 Å². The fourth-order valence-electron chi connectivity index (χ4n) is 3.29. The minimum Gasteiger partial charge on any atom is -0.452 e. The number of amides is 3. The highest BCUT2D eigenvalue weighted by atomic mass is 35.5. The summed E-state index contributed by atoms with van der Waals surface area (Å²) in [6, 6.07) is 12.4. The number of ether oxygens (including phenoxy) is 1. The van der Waals surface area contributed by atoms with Crippen molar-refractivity contribution in [3.8, 4) is 0 Å². The second-order valence-corrected chi connectivity index (χ2v) is 7.94. The average molecular weight is 484 g/mol. The smallest absolute Gasteiger partial charge is 0.338 e. The standard InChI is InChI=1S/C23H15Cl2N3O5/c1-12-4-2-3-5-18(12)28-21(30)15-7-6-13(8-16(15)22(28)31)23(32)33-11-19(29)27-20-17(25)9-14(24)10-26-20/h2-10H,11H2,1H3,(H,26,27,29). The molecule has 2 aromatic carbocycles. The highest BCUT2D eigenvalue weighted by Crippen LogP contribution is 2.31. The maximum Gasteiger partial charge on any atom is 0.338 e. The van der Waals surface area contributed by atoms with Gasteiger partial charge in [-0.25, -0.2) is 14.7 Å². The normalized spacial score (nSPS) is 12.5. The van der Waals surface area contributed by atoms with Gasteiger partial charge in [-0.05, 0) is 42.8 Å². The van der Waals surface area contributed by atoms with E-state index in [1.165, 1.54) is 30.5 Å². The SMILES string of the molecule is Cc1ccccc1N1C(=O)c2ccc(C(=O)OCC(=O)Nc3ncc(Cl)cc3Cl)cc2C1=O. The number of anilines is 2. The Bertz CT molecular complexity index is 1330. The molecule has 0 spiro atoms. The number of hydrogen-bond acceptors (Lipinski definition) is 6. The van der Waals surface area contributed by atoms with Crippen molar-refractivity contribution in [3.05, 3.63) is 87.0 Å². The highest BCUT2D eigenvalue weighted by Gasteiger charge is 2.37. The zero-order valence-electron chi connectivity index (χ0n) is 17.1. The number of carbonyl (C=O) groups excluding carboxylic acids is 4. The lowest BCUT2D eigenvalue weighted by atomic mass is 10.1. The van der Waals surface area contributed by atoms with Gasteiger partial charge in [0.25, 0.3) is 17.7 Å². The number of esters is 1. The number of hydrogen-bond donors (Lipinski definition) is 1. The van der Waals surface area contributed by atoms with Crippen molar-refractivity contribution in [2.75, 3.05) is 16.8 Å². The Balaban J connectivity index is 1.46. The molecule has 0 fully saturated rings. The molecular formula is C23H15Cl2N3O5. The maximum atomic E-state index is 12.9. The fourth-order valence-corrected chi connectivity index (χ4v) is 3.72. The van der Waals surface area contributed by atoms with Crippen LogP contribution in [0.1, 0.15) is 36.6 Å². The third kappa shape index (κ3) is 4.44. The number of imide groups is 1. The molecule has 0 aliphatic carbocycles. The van der Waals surface area contributed by atoms with Crippen LogP contribution in [-0.4, -0.2) is 35.3 Å². The summed E-state index contributed by atoms with van der Waals surface area (Å²) in [5.74, 6) is -2.45. The summed E-state index contributed by atoms with van der Waals surface area (Å²) in [7, 11) is 0. The van der Waals surface area contributed by atoms with Crippen molar-refractivity contribution in [1.82, 2.24) is 4.98 Å². The number of para-hydroxylation sites is 1. The predicted molar refractivity (Wildman–Crippen MR) is 122 cm³/mol. The second-order valence-electron chi connectivity index (χ2n) is 7.10. The number of halogens is 2. The Labute approximate surface area is 198 Å². The number of aryl methyl sites for hydroxylation is 1. The first-order valence-corrected chi connectivity index (χ1v) is 10.4. The van der Waals surface area contributed by atoms with Crippen LogP contribution < -0.4 is 10.2 Å². The lowest BCUT2D eigenvalue weighted by Crippen LogP contribution is -2.29. The summed E-state index contributed by atoms with van der Waals surface area (Å²) in [6.45, 7) is 1.18. The number of benzene rings is 2. The average Bonchev–Trinajstić information content (AvgIpc) is 3.04. The van der Waals surface area contributed by atoms with Crippen molar-refractivity contribution in [3.63, 3.8) is 0 Å². The van der Waals surface area contributed by atoms with E-state index in [-0.39, 0.29) is 27.5 Å². The first-order chi connectivity index (χ1) is 15.8. The second kappa shape index (κ2) is 9.01. The third-order valence-corrected chi connectivity index (χ3v) is 5.37. The van der Waals surface area contributed by atoms with Crippen molar-refractivity contribution < 1.29 is 23.9 Å². The number of fused-ring (bicyclic) bond motifs is 1. The molecule has 0 unspecified atom stereocenters. The van der Waals surface area contributed by atoms with E-state index in [1.807, 2.05) is 0 Å². The Morgan fingerprint density at radius 2 is 1.76 bits per heavy atom. The molecule has 0 bridgehead atoms. The van der Waals surface area contributed by atoms with Gasteiger partial charge in [0, 0.05) is 6.20 Å². The molecule has 0 saturated heterocycles. The summed E-state index contributed by atoms with van der Waals surface area (Å²) in [4.78, 5) is 55.2. The molecule has 10 heteroatoms. The van der Waals surface area contributed by atoms with Crippen molar-refractivity contribution in [2.24, 2.45) is 0 Å². The molecule has 1 aliphatic heterocycles. The first kappa shape index (κ1) is 22.4. The summed E-state index contributed by atoms with van der Waals surface area (Å²) in [5.41, 5.74) is 1.52. The predicted octanol–water partition coefficient (Wildman–Crippen LogP) is 4.29. The molecule has 33 heavy (non-hydrogen) atoms. The number of nitrogens with one attached hydrogen (secondary N) is 1. The number of aromatic nitrogens is 1. The van der Waals surface area contributed by atoms with Gasteiger partial charge in [0.15, 0.2) is 12.4 Å². The van der Waals surface area contributed by atoms with Gasteiger partial charge in [0.05, 0.1) is 32.4 Å². The van der Waals surface area contributed by atoms with Crippen molar-refractivity contribution in [2.45, 2.75) is 6.92 Å². The first-order valence-electron chi connectivity index (χ1n) is 9.62. The summed E-state index contributed by atoms with van der Waals surface area (Å²) < 4.78 is 5.02. The Kier molecular flexibility index (Phi) is 6.13. The van der Waals surface area contributed by atoms with E-state index < -0.39 is 30.3 Å². The Morgan fingerprint density at radius 1 is 1.03 bits per heavy atom. The zero-order valence-corrected chi connectivity index (χ0v) is 18.6. The molecule has 3 aromatic rings. The van der Waals surface area contributed by atoms with Crippen LogP contribution in [0, 0.1) is 6.92 Å². The highest BCUT2D eigenvalue weighted by molar-refractivity contribution is 6.36. The molecule has 1 aromatic heterocycles. The molecular weight excluding hydrogens is 469 g/mol. The molecule has 0 radical (unpaired) electrons. The van der Waals surface area contributed by atoms with Gasteiger partial charge < -0.3 is 10.1 Å². The van der Waals surface area contributed by atoms with Crippen LogP contribution in [0.15, 0.2) is 54.7 Å². The van der Waals surface area contributed by atoms with E-state index in [0.29, 0.717) is 10.7 Å². The third-order valence-electron chi connectivity index (χ3n) is 4.88. The van der Waals surface area contributed by atoms with Gasteiger partial charge in [-0.2, -0.15) is 0 Å². The molecule has 2 heterocycles. The van der Waals surface area contributed by atoms with Gasteiger partial charge in [-0.1, -0.05) is 41.4 Å². The molecule has 0 saturated carbocycles. The van der Waals surface area contributed by atoms with Gasteiger partial charge >= 0.3 is 5.97 Å². The topological polar surface area (TPSA) is 106 Å². The number of nitrogens with zero attached hydrogens (tertiary/aromatic N) is 2. The Morgan fingerprint density at radius 3 is 2.48 bits per heavy atom. The van der Waals surface area contributed by atoms with Crippen LogP contribution in [0.3, 0.4) is 0 Å². The minimum absolute atomic E-state index is 0.0250.